The van der Waals surface area contributed by atoms with Gasteiger partial charge in [0.05, 0.1) is 7.11 Å². The van der Waals surface area contributed by atoms with Gasteiger partial charge in [0, 0.05) is 12.6 Å². The lowest BCUT2D eigenvalue weighted by molar-refractivity contribution is -0.131. The van der Waals surface area contributed by atoms with Crippen LogP contribution in [0.3, 0.4) is 0 Å². The average molecular weight is 249 g/mol. The molecule has 0 bridgehead atoms. The Bertz CT molecular complexity index is 427. The molecule has 1 aromatic carbocycles. The summed E-state index contributed by atoms with van der Waals surface area (Å²) in [5, 5.41) is 11.6. The zero-order valence-corrected chi connectivity index (χ0v) is 10.8. The average Bonchev–Trinajstić information content (AvgIpc) is 2.33. The normalized spacial score (nSPS) is 10.8. The van der Waals surface area contributed by atoms with Crippen LogP contribution in [0.4, 0.5) is 0 Å². The number of methoxy groups -OCH3 is 1. The molecule has 2 N–H and O–H groups in total. The maximum absolute atomic E-state index is 10.2. The fourth-order valence-corrected chi connectivity index (χ4v) is 1.67. The van der Waals surface area contributed by atoms with Crippen molar-refractivity contribution in [2.45, 2.75) is 13.3 Å². The molecule has 4 nitrogen and oxygen atoms in total. The third-order valence-corrected chi connectivity index (χ3v) is 2.57. The molecular formula is C14H19NO3. The van der Waals surface area contributed by atoms with E-state index in [0.29, 0.717) is 6.54 Å². The van der Waals surface area contributed by atoms with Crippen molar-refractivity contribution < 1.29 is 14.6 Å². The maximum Gasteiger partial charge on any atom is 0.328 e. The Balaban J connectivity index is 2.31. The molecular weight excluding hydrogens is 230 g/mol. The number of carboxylic acid groups (broad SMARTS) is 1. The number of aliphatic carboxylic acids is 1. The third-order valence-electron chi connectivity index (χ3n) is 2.57. The first kappa shape index (κ1) is 14.3. The van der Waals surface area contributed by atoms with Crippen molar-refractivity contribution in [3.8, 4) is 5.75 Å². The zero-order chi connectivity index (χ0) is 13.4. The minimum atomic E-state index is -0.914. The molecule has 4 heteroatoms. The smallest absolute Gasteiger partial charge is 0.328 e. The largest absolute Gasteiger partial charge is 0.496 e. The SMILES string of the molecule is COc1ccc(CCNC/C=C/C(=O)O)cc1C. The van der Waals surface area contributed by atoms with E-state index in [9.17, 15) is 4.79 Å². The Morgan fingerprint density at radius 2 is 2.28 bits per heavy atom. The highest BCUT2D eigenvalue weighted by Gasteiger charge is 1.99. The van der Waals surface area contributed by atoms with Crippen LogP contribution < -0.4 is 10.1 Å². The van der Waals surface area contributed by atoms with Crippen LogP contribution in [-0.4, -0.2) is 31.3 Å². The van der Waals surface area contributed by atoms with Gasteiger partial charge in [0.1, 0.15) is 5.75 Å². The predicted octanol–water partition coefficient (Wildman–Crippen LogP) is 1.78. The highest BCUT2D eigenvalue weighted by molar-refractivity contribution is 5.79. The summed E-state index contributed by atoms with van der Waals surface area (Å²) in [6.07, 6.45) is 3.65. The van der Waals surface area contributed by atoms with Gasteiger partial charge in [0.25, 0.3) is 0 Å². The Morgan fingerprint density at radius 3 is 2.89 bits per heavy atom. The summed E-state index contributed by atoms with van der Waals surface area (Å²) in [4.78, 5) is 10.2. The van der Waals surface area contributed by atoms with E-state index in [-0.39, 0.29) is 0 Å². The zero-order valence-electron chi connectivity index (χ0n) is 10.8. The Labute approximate surface area is 107 Å². The van der Waals surface area contributed by atoms with Crippen LogP contribution in [0.25, 0.3) is 0 Å². The van der Waals surface area contributed by atoms with Crippen LogP contribution in [0.15, 0.2) is 30.4 Å². The summed E-state index contributed by atoms with van der Waals surface area (Å²) in [6, 6.07) is 6.11. The molecule has 0 aliphatic heterocycles. The molecule has 98 valence electrons. The van der Waals surface area contributed by atoms with Gasteiger partial charge in [0.15, 0.2) is 0 Å². The molecule has 0 aromatic heterocycles. The Hall–Kier alpha value is -1.81. The van der Waals surface area contributed by atoms with Crippen molar-refractivity contribution in [2.24, 2.45) is 0 Å². The van der Waals surface area contributed by atoms with Gasteiger partial charge in [-0.2, -0.15) is 0 Å². The van der Waals surface area contributed by atoms with Gasteiger partial charge >= 0.3 is 5.97 Å². The molecule has 18 heavy (non-hydrogen) atoms. The van der Waals surface area contributed by atoms with Crippen LogP contribution in [0, 0.1) is 6.92 Å². The van der Waals surface area contributed by atoms with Crippen LogP contribution in [0.2, 0.25) is 0 Å². The lowest BCUT2D eigenvalue weighted by Gasteiger charge is -2.07. The van der Waals surface area contributed by atoms with Gasteiger partial charge in [-0.1, -0.05) is 18.2 Å². The molecule has 0 saturated heterocycles. The van der Waals surface area contributed by atoms with E-state index in [1.165, 1.54) is 5.56 Å². The molecule has 0 saturated carbocycles. The summed E-state index contributed by atoms with van der Waals surface area (Å²) in [6.45, 7) is 3.41. The van der Waals surface area contributed by atoms with Crippen molar-refractivity contribution >= 4 is 5.97 Å². The molecule has 0 spiro atoms. The molecule has 0 radical (unpaired) electrons. The van der Waals surface area contributed by atoms with Crippen LogP contribution in [0.5, 0.6) is 5.75 Å². The van der Waals surface area contributed by atoms with Gasteiger partial charge in [-0.3, -0.25) is 0 Å². The Kier molecular flexibility index (Phi) is 5.94. The molecule has 1 aromatic rings. The number of hydrogen-bond acceptors (Lipinski definition) is 3. The van der Waals surface area contributed by atoms with E-state index >= 15 is 0 Å². The molecule has 0 atom stereocenters. The number of carboxylic acids is 1. The van der Waals surface area contributed by atoms with Gasteiger partial charge in [-0.15, -0.1) is 0 Å². The first-order chi connectivity index (χ1) is 8.63. The highest BCUT2D eigenvalue weighted by atomic mass is 16.5. The standard InChI is InChI=1S/C14H19NO3/c1-11-10-12(5-6-13(11)18-2)7-9-15-8-3-4-14(16)17/h3-6,10,15H,7-9H2,1-2H3,(H,16,17)/b4-3+. The van der Waals surface area contributed by atoms with Crippen LogP contribution in [-0.2, 0) is 11.2 Å². The van der Waals surface area contributed by atoms with Crippen LogP contribution >= 0.6 is 0 Å². The second-order valence-corrected chi connectivity index (χ2v) is 4.00. The van der Waals surface area contributed by atoms with Crippen LogP contribution in [0.1, 0.15) is 11.1 Å². The number of ether oxygens (including phenoxy) is 1. The van der Waals surface area contributed by atoms with Crippen molar-refractivity contribution in [1.82, 2.24) is 5.32 Å². The minimum Gasteiger partial charge on any atom is -0.496 e. The maximum atomic E-state index is 10.2. The molecule has 0 aliphatic carbocycles. The summed E-state index contributed by atoms with van der Waals surface area (Å²) in [7, 11) is 1.67. The van der Waals surface area contributed by atoms with Crippen molar-refractivity contribution in [2.75, 3.05) is 20.2 Å². The summed E-state index contributed by atoms with van der Waals surface area (Å²) in [5.74, 6) is -0.0151. The molecule has 0 aliphatic rings. The first-order valence-corrected chi connectivity index (χ1v) is 5.87. The number of carbonyl (C=O) groups is 1. The Morgan fingerprint density at radius 1 is 1.50 bits per heavy atom. The second kappa shape index (κ2) is 7.50. The van der Waals surface area contributed by atoms with Crippen molar-refractivity contribution in [3.63, 3.8) is 0 Å². The van der Waals surface area contributed by atoms with Gasteiger partial charge in [-0.25, -0.2) is 4.79 Å². The number of aryl methyl sites for hydroxylation is 1. The fraction of sp³-hybridized carbons (Fsp3) is 0.357. The predicted molar refractivity (Wildman–Crippen MR) is 71.1 cm³/mol. The number of rotatable bonds is 7. The quantitative estimate of drug-likeness (QED) is 0.571. The van der Waals surface area contributed by atoms with Gasteiger partial charge in [-0.05, 0) is 37.1 Å². The summed E-state index contributed by atoms with van der Waals surface area (Å²) < 4.78 is 5.20. The lowest BCUT2D eigenvalue weighted by Crippen LogP contribution is -2.17. The number of nitrogens with one attached hydrogen (secondary N) is 1. The lowest BCUT2D eigenvalue weighted by atomic mass is 10.1. The molecule has 0 amide bonds. The van der Waals surface area contributed by atoms with E-state index in [1.807, 2.05) is 19.1 Å². The molecule has 0 unspecified atom stereocenters. The van der Waals surface area contributed by atoms with E-state index in [1.54, 1.807) is 13.2 Å². The van der Waals surface area contributed by atoms with E-state index in [4.69, 9.17) is 9.84 Å². The van der Waals surface area contributed by atoms with E-state index in [2.05, 4.69) is 11.4 Å². The van der Waals surface area contributed by atoms with E-state index in [0.717, 1.165) is 30.4 Å². The summed E-state index contributed by atoms with van der Waals surface area (Å²) >= 11 is 0. The molecule has 1 rings (SSSR count). The first-order valence-electron chi connectivity index (χ1n) is 5.87. The third kappa shape index (κ3) is 5.01. The number of benzene rings is 1. The molecule has 0 fully saturated rings. The fourth-order valence-electron chi connectivity index (χ4n) is 1.67. The van der Waals surface area contributed by atoms with Gasteiger partial charge in [0.2, 0.25) is 0 Å². The van der Waals surface area contributed by atoms with Crippen molar-refractivity contribution in [3.05, 3.63) is 41.5 Å². The minimum absolute atomic E-state index is 0.571. The topological polar surface area (TPSA) is 58.6 Å². The summed E-state index contributed by atoms with van der Waals surface area (Å²) in [5.41, 5.74) is 2.36. The molecule has 0 heterocycles. The highest BCUT2D eigenvalue weighted by Crippen LogP contribution is 2.18. The second-order valence-electron chi connectivity index (χ2n) is 4.00. The van der Waals surface area contributed by atoms with Gasteiger partial charge < -0.3 is 15.2 Å². The number of hydrogen-bond donors (Lipinski definition) is 2. The monoisotopic (exact) mass is 249 g/mol. The van der Waals surface area contributed by atoms with Crippen molar-refractivity contribution in [1.29, 1.82) is 0 Å². The van der Waals surface area contributed by atoms with E-state index < -0.39 is 5.97 Å².